The molecule has 142 valence electrons. The molecule has 7 nitrogen and oxygen atoms in total. The van der Waals surface area contributed by atoms with Crippen molar-refractivity contribution in [2.75, 3.05) is 39.8 Å². The number of piperidine rings is 2. The molecule has 1 aromatic rings. The van der Waals surface area contributed by atoms with Gasteiger partial charge in [0.2, 0.25) is 0 Å². The van der Waals surface area contributed by atoms with Crippen molar-refractivity contribution < 1.29 is 0 Å². The molecule has 2 fully saturated rings. The second-order valence-corrected chi connectivity index (χ2v) is 8.84. The van der Waals surface area contributed by atoms with E-state index in [4.69, 9.17) is 0 Å². The van der Waals surface area contributed by atoms with Crippen molar-refractivity contribution in [1.29, 1.82) is 0 Å². The van der Waals surface area contributed by atoms with Crippen molar-refractivity contribution in [3.8, 4) is 0 Å². The van der Waals surface area contributed by atoms with Crippen LogP contribution in [0.2, 0.25) is 0 Å². The van der Waals surface area contributed by atoms with Gasteiger partial charge in [0, 0.05) is 12.1 Å². The van der Waals surface area contributed by atoms with E-state index >= 15 is 0 Å². The van der Waals surface area contributed by atoms with E-state index in [1.165, 1.54) is 58.3 Å². The Kier molecular flexibility index (Phi) is 5.75. The Labute approximate surface area is 152 Å². The molecule has 0 unspecified atom stereocenters. The summed E-state index contributed by atoms with van der Waals surface area (Å²) in [4.78, 5) is 6.93. The first kappa shape index (κ1) is 18.7. The number of rotatable bonds is 5. The first-order chi connectivity index (χ1) is 11.9. The summed E-state index contributed by atoms with van der Waals surface area (Å²) in [6.07, 6.45) is 6.58. The van der Waals surface area contributed by atoms with Crippen LogP contribution < -0.4 is 5.32 Å². The molecule has 2 aliphatic heterocycles. The third-order valence-corrected chi connectivity index (χ3v) is 5.74. The quantitative estimate of drug-likeness (QED) is 0.869. The van der Waals surface area contributed by atoms with Gasteiger partial charge in [0.1, 0.15) is 0 Å². The standard InChI is InChI=1S/C18H35N7/c1-17(2,3)25-21-16(20-22-25)14-19-15-18(8-12-23(4)13-9-18)24-10-6-5-7-11-24/h19H,5-15H2,1-4H3. The van der Waals surface area contributed by atoms with Crippen LogP contribution in [-0.2, 0) is 12.1 Å². The van der Waals surface area contributed by atoms with Crippen LogP contribution >= 0.6 is 0 Å². The minimum Gasteiger partial charge on any atom is -0.308 e. The normalized spacial score (nSPS) is 23.0. The lowest BCUT2D eigenvalue weighted by Gasteiger charge is -2.50. The summed E-state index contributed by atoms with van der Waals surface area (Å²) in [5.41, 5.74) is 0.182. The van der Waals surface area contributed by atoms with Crippen molar-refractivity contribution in [1.82, 2.24) is 35.3 Å². The predicted octanol–water partition coefficient (Wildman–Crippen LogP) is 1.47. The number of hydrogen-bond donors (Lipinski definition) is 1. The summed E-state index contributed by atoms with van der Waals surface area (Å²) in [5.74, 6) is 0.789. The fourth-order valence-electron chi connectivity index (χ4n) is 4.01. The Morgan fingerprint density at radius 1 is 1.04 bits per heavy atom. The molecule has 0 aliphatic carbocycles. The van der Waals surface area contributed by atoms with Crippen LogP contribution in [-0.4, -0.2) is 75.3 Å². The van der Waals surface area contributed by atoms with Gasteiger partial charge in [-0.25, -0.2) is 0 Å². The van der Waals surface area contributed by atoms with Crippen LogP contribution in [0.15, 0.2) is 0 Å². The highest BCUT2D eigenvalue weighted by atomic mass is 15.6. The van der Waals surface area contributed by atoms with E-state index in [1.807, 2.05) is 0 Å². The van der Waals surface area contributed by atoms with Gasteiger partial charge >= 0.3 is 0 Å². The number of likely N-dealkylation sites (tertiary alicyclic amines) is 2. The van der Waals surface area contributed by atoms with E-state index in [0.717, 1.165) is 12.4 Å². The number of hydrogen-bond acceptors (Lipinski definition) is 6. The van der Waals surface area contributed by atoms with E-state index < -0.39 is 0 Å². The minimum absolute atomic E-state index is 0.117. The summed E-state index contributed by atoms with van der Waals surface area (Å²) in [7, 11) is 2.24. The highest BCUT2D eigenvalue weighted by Gasteiger charge is 2.39. The number of tetrazole rings is 1. The molecule has 0 saturated carbocycles. The molecule has 1 aromatic heterocycles. The summed E-state index contributed by atoms with van der Waals surface area (Å²) in [6.45, 7) is 12.9. The Hall–Kier alpha value is -1.05. The lowest BCUT2D eigenvalue weighted by Crippen LogP contribution is -2.60. The van der Waals surface area contributed by atoms with Crippen molar-refractivity contribution in [2.45, 2.75) is 70.5 Å². The van der Waals surface area contributed by atoms with E-state index in [9.17, 15) is 0 Å². The Balaban J connectivity index is 1.60. The zero-order chi connectivity index (χ0) is 17.9. The number of nitrogens with one attached hydrogen (secondary N) is 1. The third-order valence-electron chi connectivity index (χ3n) is 5.74. The molecule has 7 heteroatoms. The Bertz CT molecular complexity index is 534. The van der Waals surface area contributed by atoms with Crippen molar-refractivity contribution in [2.24, 2.45) is 0 Å². The van der Waals surface area contributed by atoms with E-state index in [1.54, 1.807) is 4.80 Å². The van der Waals surface area contributed by atoms with Gasteiger partial charge in [0.25, 0.3) is 0 Å². The molecule has 1 N–H and O–H groups in total. The summed E-state index contributed by atoms with van der Waals surface area (Å²) in [5, 5.41) is 16.6. The smallest absolute Gasteiger partial charge is 0.188 e. The van der Waals surface area contributed by atoms with Crippen LogP contribution in [0.3, 0.4) is 0 Å². The van der Waals surface area contributed by atoms with Gasteiger partial charge in [0.15, 0.2) is 5.82 Å². The van der Waals surface area contributed by atoms with E-state index in [2.05, 4.69) is 58.3 Å². The van der Waals surface area contributed by atoms with Crippen molar-refractivity contribution >= 4 is 0 Å². The average molecular weight is 350 g/mol. The highest BCUT2D eigenvalue weighted by Crippen LogP contribution is 2.30. The summed E-state index contributed by atoms with van der Waals surface area (Å²) < 4.78 is 0. The summed E-state index contributed by atoms with van der Waals surface area (Å²) in [6, 6.07) is 0. The maximum atomic E-state index is 4.52. The molecule has 0 bridgehead atoms. The molecular formula is C18H35N7. The zero-order valence-corrected chi connectivity index (χ0v) is 16.5. The molecule has 25 heavy (non-hydrogen) atoms. The largest absolute Gasteiger partial charge is 0.308 e. The van der Waals surface area contributed by atoms with Gasteiger partial charge in [0.05, 0.1) is 12.1 Å². The van der Waals surface area contributed by atoms with E-state index in [0.29, 0.717) is 12.1 Å². The molecule has 0 atom stereocenters. The van der Waals surface area contributed by atoms with Crippen molar-refractivity contribution in [3.63, 3.8) is 0 Å². The molecular weight excluding hydrogens is 314 g/mol. The summed E-state index contributed by atoms with van der Waals surface area (Å²) >= 11 is 0. The maximum absolute atomic E-state index is 4.52. The Morgan fingerprint density at radius 3 is 2.32 bits per heavy atom. The molecule has 2 aliphatic rings. The average Bonchev–Trinajstić information content (AvgIpc) is 3.07. The first-order valence-electron chi connectivity index (χ1n) is 9.83. The predicted molar refractivity (Wildman–Crippen MR) is 99.4 cm³/mol. The highest BCUT2D eigenvalue weighted by molar-refractivity contribution is 4.98. The van der Waals surface area contributed by atoms with Gasteiger partial charge in [-0.15, -0.1) is 10.2 Å². The second kappa shape index (κ2) is 7.68. The van der Waals surface area contributed by atoms with Gasteiger partial charge in [-0.3, -0.25) is 4.90 Å². The molecule has 3 heterocycles. The van der Waals surface area contributed by atoms with Crippen LogP contribution in [0.5, 0.6) is 0 Å². The molecule has 0 aromatic carbocycles. The van der Waals surface area contributed by atoms with Gasteiger partial charge in [-0.05, 0) is 84.9 Å². The van der Waals surface area contributed by atoms with Crippen LogP contribution in [0.25, 0.3) is 0 Å². The van der Waals surface area contributed by atoms with Crippen LogP contribution in [0.1, 0.15) is 58.7 Å². The first-order valence-corrected chi connectivity index (χ1v) is 9.83. The lowest BCUT2D eigenvalue weighted by atomic mass is 9.84. The fraction of sp³-hybridized carbons (Fsp3) is 0.944. The minimum atomic E-state index is -0.117. The zero-order valence-electron chi connectivity index (χ0n) is 16.5. The molecule has 0 radical (unpaired) electrons. The van der Waals surface area contributed by atoms with Gasteiger partial charge < -0.3 is 10.2 Å². The Morgan fingerprint density at radius 2 is 1.72 bits per heavy atom. The third kappa shape index (κ3) is 4.57. The van der Waals surface area contributed by atoms with Crippen molar-refractivity contribution in [3.05, 3.63) is 5.82 Å². The molecule has 0 amide bonds. The molecule has 2 saturated heterocycles. The monoisotopic (exact) mass is 349 g/mol. The molecule has 0 spiro atoms. The van der Waals surface area contributed by atoms with Gasteiger partial charge in [-0.1, -0.05) is 6.42 Å². The van der Waals surface area contributed by atoms with Crippen LogP contribution in [0, 0.1) is 0 Å². The molecule has 3 rings (SSSR count). The number of nitrogens with zero attached hydrogens (tertiary/aromatic N) is 6. The maximum Gasteiger partial charge on any atom is 0.188 e. The van der Waals surface area contributed by atoms with E-state index in [-0.39, 0.29) is 5.54 Å². The van der Waals surface area contributed by atoms with Gasteiger partial charge in [-0.2, -0.15) is 4.80 Å². The topological polar surface area (TPSA) is 62.1 Å². The fourth-order valence-corrected chi connectivity index (χ4v) is 4.01. The second-order valence-electron chi connectivity index (χ2n) is 8.84. The number of aromatic nitrogens is 4. The van der Waals surface area contributed by atoms with Crippen LogP contribution in [0.4, 0.5) is 0 Å². The SMILES string of the molecule is CN1CCC(CNCc2nnn(C(C)(C)C)n2)(N2CCCCC2)CC1. The lowest BCUT2D eigenvalue weighted by molar-refractivity contribution is 0.0141.